The van der Waals surface area contributed by atoms with E-state index in [4.69, 9.17) is 4.74 Å². The molecule has 0 bridgehead atoms. The van der Waals surface area contributed by atoms with Crippen molar-refractivity contribution in [1.29, 1.82) is 0 Å². The lowest BCUT2D eigenvalue weighted by Crippen LogP contribution is -2.13. The number of ether oxygens (including phenoxy) is 1. The van der Waals surface area contributed by atoms with Gasteiger partial charge in [0, 0.05) is 13.4 Å². The van der Waals surface area contributed by atoms with E-state index in [1.165, 1.54) is 11.3 Å². The van der Waals surface area contributed by atoms with E-state index in [9.17, 15) is 9.59 Å². The predicted octanol–water partition coefficient (Wildman–Crippen LogP) is 3.94. The van der Waals surface area contributed by atoms with E-state index < -0.39 is 5.97 Å². The monoisotopic (exact) mass is 480 g/mol. The summed E-state index contributed by atoms with van der Waals surface area (Å²) in [7, 11) is 0. The Kier molecular flexibility index (Phi) is 5.71. The quantitative estimate of drug-likeness (QED) is 0.531. The number of hydrogen-bond donors (Lipinski definition) is 1. The van der Waals surface area contributed by atoms with Crippen molar-refractivity contribution in [3.8, 4) is 0 Å². The number of carbonyl (C=O) groups is 2. The molecule has 1 aromatic carbocycles. The van der Waals surface area contributed by atoms with Crippen LogP contribution < -0.4 is 5.32 Å². The number of rotatable bonds is 4. The molecule has 0 aliphatic carbocycles. The Morgan fingerprint density at radius 2 is 2.24 bits per heavy atom. The van der Waals surface area contributed by atoms with Gasteiger partial charge in [-0.2, -0.15) is 0 Å². The zero-order chi connectivity index (χ0) is 15.4. The number of benzene rings is 1. The highest BCUT2D eigenvalue weighted by Crippen LogP contribution is 2.21. The largest absolute Gasteiger partial charge is 0.461 e. The van der Waals surface area contributed by atoms with Crippen LogP contribution in [0.3, 0.4) is 0 Å². The lowest BCUT2D eigenvalue weighted by atomic mass is 10.2. The highest BCUT2D eigenvalue weighted by molar-refractivity contribution is 14.1. The number of anilines is 1. The van der Waals surface area contributed by atoms with Gasteiger partial charge in [0.15, 0.2) is 10.8 Å². The normalized spacial score (nSPS) is 10.2. The number of aromatic nitrogens is 1. The molecule has 0 radical (unpaired) electrons. The minimum atomic E-state index is -0.494. The van der Waals surface area contributed by atoms with Crippen molar-refractivity contribution in [2.75, 3.05) is 11.9 Å². The van der Waals surface area contributed by atoms with Gasteiger partial charge in [0.2, 0.25) is 0 Å². The topological polar surface area (TPSA) is 68.3 Å². The standard InChI is InChI=1S/C13H10BrIN2O3S/c1-2-20-12(19)10-6-21-13(16-10)17-11(18)8-5-7(14)3-4-9(8)15/h3-6H,2H2,1H3,(H,16,17,18). The van der Waals surface area contributed by atoms with Crippen LogP contribution in [-0.4, -0.2) is 23.5 Å². The molecular formula is C13H10BrIN2O3S. The second-order valence-corrected chi connectivity index (χ2v) is 6.77. The molecular weight excluding hydrogens is 471 g/mol. The van der Waals surface area contributed by atoms with Crippen molar-refractivity contribution >= 4 is 66.9 Å². The minimum Gasteiger partial charge on any atom is -0.461 e. The highest BCUT2D eigenvalue weighted by Gasteiger charge is 2.15. The Morgan fingerprint density at radius 3 is 2.95 bits per heavy atom. The number of nitrogens with one attached hydrogen (secondary N) is 1. The zero-order valence-electron chi connectivity index (χ0n) is 10.9. The molecule has 0 aliphatic heterocycles. The van der Waals surface area contributed by atoms with E-state index in [0.29, 0.717) is 10.7 Å². The molecule has 1 N–H and O–H groups in total. The molecule has 0 fully saturated rings. The SMILES string of the molecule is CCOC(=O)c1csc(NC(=O)c2cc(Br)ccc2I)n1. The maximum Gasteiger partial charge on any atom is 0.357 e. The van der Waals surface area contributed by atoms with Crippen LogP contribution in [0.1, 0.15) is 27.8 Å². The number of nitrogens with zero attached hydrogens (tertiary/aromatic N) is 1. The fourth-order valence-corrected chi connectivity index (χ4v) is 3.08. The molecule has 2 aromatic rings. The first-order chi connectivity index (χ1) is 10.0. The van der Waals surface area contributed by atoms with Gasteiger partial charge in [-0.3, -0.25) is 10.1 Å². The Morgan fingerprint density at radius 1 is 1.48 bits per heavy atom. The summed E-state index contributed by atoms with van der Waals surface area (Å²) < 4.78 is 6.50. The molecule has 0 saturated heterocycles. The van der Waals surface area contributed by atoms with Gasteiger partial charge in [-0.1, -0.05) is 15.9 Å². The van der Waals surface area contributed by atoms with Gasteiger partial charge in [-0.15, -0.1) is 11.3 Å². The fourth-order valence-electron chi connectivity index (χ4n) is 1.47. The maximum absolute atomic E-state index is 12.2. The van der Waals surface area contributed by atoms with Crippen molar-refractivity contribution < 1.29 is 14.3 Å². The Bertz CT molecular complexity index is 690. The lowest BCUT2D eigenvalue weighted by molar-refractivity contribution is 0.0520. The third-order valence-electron chi connectivity index (χ3n) is 2.38. The smallest absolute Gasteiger partial charge is 0.357 e. The van der Waals surface area contributed by atoms with Gasteiger partial charge in [0.05, 0.1) is 12.2 Å². The summed E-state index contributed by atoms with van der Waals surface area (Å²) in [5, 5.41) is 4.59. The number of hydrogen-bond acceptors (Lipinski definition) is 5. The number of amides is 1. The highest BCUT2D eigenvalue weighted by atomic mass is 127. The molecule has 110 valence electrons. The molecule has 0 unspecified atom stereocenters. The van der Waals surface area contributed by atoms with Crippen molar-refractivity contribution in [1.82, 2.24) is 4.98 Å². The molecule has 0 aliphatic rings. The van der Waals surface area contributed by atoms with E-state index in [1.54, 1.807) is 18.4 Å². The van der Waals surface area contributed by atoms with Gasteiger partial charge < -0.3 is 4.74 Å². The molecule has 1 heterocycles. The molecule has 0 spiro atoms. The molecule has 8 heteroatoms. The molecule has 2 rings (SSSR count). The fraction of sp³-hybridized carbons (Fsp3) is 0.154. The number of esters is 1. The van der Waals surface area contributed by atoms with E-state index in [-0.39, 0.29) is 18.2 Å². The average Bonchev–Trinajstić information content (AvgIpc) is 2.90. The van der Waals surface area contributed by atoms with Crippen LogP contribution in [0.4, 0.5) is 5.13 Å². The Labute approximate surface area is 147 Å². The summed E-state index contributed by atoms with van der Waals surface area (Å²) in [4.78, 5) is 27.8. The van der Waals surface area contributed by atoms with Crippen LogP contribution in [0.5, 0.6) is 0 Å². The minimum absolute atomic E-state index is 0.195. The molecule has 0 saturated carbocycles. The van der Waals surface area contributed by atoms with E-state index >= 15 is 0 Å². The third-order valence-corrected chi connectivity index (χ3v) is 4.57. The number of halogens is 2. The summed E-state index contributed by atoms with van der Waals surface area (Å²) in [6.45, 7) is 2.01. The Hall–Kier alpha value is -1.000. The van der Waals surface area contributed by atoms with Crippen LogP contribution in [0, 0.1) is 3.57 Å². The van der Waals surface area contributed by atoms with Gasteiger partial charge in [-0.05, 0) is 47.7 Å². The first-order valence-corrected chi connectivity index (χ1v) is 8.65. The first-order valence-electron chi connectivity index (χ1n) is 5.90. The molecule has 1 aromatic heterocycles. The molecule has 1 amide bonds. The van der Waals surface area contributed by atoms with Crippen LogP contribution in [0.25, 0.3) is 0 Å². The summed E-state index contributed by atoms with van der Waals surface area (Å²) in [5.41, 5.74) is 0.735. The van der Waals surface area contributed by atoms with Crippen LogP contribution in [-0.2, 0) is 4.74 Å². The van der Waals surface area contributed by atoms with Crippen molar-refractivity contribution in [2.24, 2.45) is 0 Å². The second kappa shape index (κ2) is 7.32. The van der Waals surface area contributed by atoms with Crippen molar-refractivity contribution in [2.45, 2.75) is 6.92 Å². The van der Waals surface area contributed by atoms with Crippen molar-refractivity contribution in [3.63, 3.8) is 0 Å². The van der Waals surface area contributed by atoms with Gasteiger partial charge >= 0.3 is 5.97 Å². The molecule has 0 atom stereocenters. The lowest BCUT2D eigenvalue weighted by Gasteiger charge is -2.04. The van der Waals surface area contributed by atoms with E-state index in [2.05, 4.69) is 48.8 Å². The summed E-state index contributed by atoms with van der Waals surface area (Å²) in [6, 6.07) is 5.43. The second-order valence-electron chi connectivity index (χ2n) is 3.84. The summed E-state index contributed by atoms with van der Waals surface area (Å²) >= 11 is 6.60. The first kappa shape index (κ1) is 16.4. The number of carbonyl (C=O) groups excluding carboxylic acids is 2. The summed E-state index contributed by atoms with van der Waals surface area (Å²) in [6.07, 6.45) is 0. The maximum atomic E-state index is 12.2. The zero-order valence-corrected chi connectivity index (χ0v) is 15.4. The number of thiazole rings is 1. The Balaban J connectivity index is 2.13. The van der Waals surface area contributed by atoms with E-state index in [0.717, 1.165) is 8.04 Å². The molecule has 21 heavy (non-hydrogen) atoms. The van der Waals surface area contributed by atoms with Crippen LogP contribution in [0.15, 0.2) is 28.1 Å². The third kappa shape index (κ3) is 4.24. The predicted molar refractivity (Wildman–Crippen MR) is 92.9 cm³/mol. The average molecular weight is 481 g/mol. The van der Waals surface area contributed by atoms with Crippen LogP contribution in [0.2, 0.25) is 0 Å². The van der Waals surface area contributed by atoms with Gasteiger partial charge in [0.25, 0.3) is 5.91 Å². The summed E-state index contributed by atoms with van der Waals surface area (Å²) in [5.74, 6) is -0.767. The molecule has 5 nitrogen and oxygen atoms in total. The van der Waals surface area contributed by atoms with Crippen molar-refractivity contribution in [3.05, 3.63) is 42.9 Å². The van der Waals surface area contributed by atoms with E-state index in [1.807, 2.05) is 12.1 Å². The van der Waals surface area contributed by atoms with Gasteiger partial charge in [0.1, 0.15) is 0 Å². The van der Waals surface area contributed by atoms with Gasteiger partial charge in [-0.25, -0.2) is 9.78 Å². The van der Waals surface area contributed by atoms with Crippen LogP contribution >= 0.6 is 49.9 Å².